The highest BCUT2D eigenvalue weighted by Gasteiger charge is 2.50. The van der Waals surface area contributed by atoms with Crippen LogP contribution >= 0.6 is 0 Å². The van der Waals surface area contributed by atoms with Crippen LogP contribution in [0.25, 0.3) is 21.9 Å². The molecule has 0 atom stereocenters. The van der Waals surface area contributed by atoms with Crippen LogP contribution in [-0.2, 0) is 16.2 Å². The maximum absolute atomic E-state index is 7.33. The lowest BCUT2D eigenvalue weighted by Gasteiger charge is -2.41. The number of furan rings is 2. The van der Waals surface area contributed by atoms with E-state index in [1.807, 2.05) is 0 Å². The molecule has 0 amide bonds. The maximum atomic E-state index is 7.33. The van der Waals surface area contributed by atoms with Gasteiger partial charge in [0.15, 0.2) is 0 Å². The monoisotopic (exact) mass is 749 g/mol. The minimum absolute atomic E-state index is 0.0263. The minimum Gasteiger partial charge on any atom is -0.440 e. The Hall–Kier alpha value is -4.89. The van der Waals surface area contributed by atoms with Crippen LogP contribution in [0.4, 0.5) is 17.5 Å². The van der Waals surface area contributed by atoms with Crippen molar-refractivity contribution in [1.29, 1.82) is 0 Å². The largest absolute Gasteiger partial charge is 0.440 e. The van der Waals surface area contributed by atoms with Gasteiger partial charge in [0.05, 0.1) is 0 Å². The van der Waals surface area contributed by atoms with Gasteiger partial charge in [0.2, 0.25) is 11.8 Å². The van der Waals surface area contributed by atoms with Crippen LogP contribution < -0.4 is 37.7 Å². The average Bonchev–Trinajstić information content (AvgIpc) is 3.66. The Morgan fingerprint density at radius 2 is 0.772 bits per heavy atom. The van der Waals surface area contributed by atoms with Crippen LogP contribution in [0.3, 0.4) is 0 Å². The second-order valence-corrected chi connectivity index (χ2v) is 20.6. The highest BCUT2D eigenvalue weighted by atomic mass is 16.4. The summed E-state index contributed by atoms with van der Waals surface area (Å²) in [6, 6.07) is 28.3. The van der Waals surface area contributed by atoms with E-state index in [4.69, 9.17) is 8.83 Å². The van der Waals surface area contributed by atoms with E-state index in [0.29, 0.717) is 0 Å². The number of benzene rings is 5. The van der Waals surface area contributed by atoms with Crippen molar-refractivity contribution >= 4 is 85.6 Å². The van der Waals surface area contributed by atoms with Gasteiger partial charge in [0, 0.05) is 27.4 Å². The topological polar surface area (TPSA) is 29.5 Å². The molecule has 288 valence electrons. The quantitative estimate of drug-likeness (QED) is 0.165. The molecule has 5 heteroatoms. The summed E-state index contributed by atoms with van der Waals surface area (Å²) < 4.78 is 14.7. The van der Waals surface area contributed by atoms with Gasteiger partial charge in [-0.1, -0.05) is 167 Å². The molecule has 0 unspecified atom stereocenters. The number of rotatable bonds is 2. The summed E-state index contributed by atoms with van der Waals surface area (Å²) in [6.07, 6.45) is 0. The van der Waals surface area contributed by atoms with Crippen LogP contribution in [0.2, 0.25) is 0 Å². The van der Waals surface area contributed by atoms with Crippen LogP contribution in [0.15, 0.2) is 81.6 Å². The Kier molecular flexibility index (Phi) is 8.14. The SMILES string of the molecule is Cc1cc(C)c(B2c3cc(C(C)(C)C)cc4c3N(c3oc5cc(C(C)(C)C)ccc5c32)c2oc3cc(C(C)(C)C)ccc3c2B4c2c(C)cc(C)cc2C)c(C)c1. The molecule has 0 N–H and O–H groups in total. The molecule has 0 spiro atoms. The Morgan fingerprint density at radius 1 is 0.421 bits per heavy atom. The standard InChI is InChI=1S/C52H57B2NO2/c1-28-20-30(3)43(31(4)21-28)53-39-24-36(52(13,14)15)25-40-47(39)55(48-45(53)37-18-16-34(50(7,8)9)26-41(37)56-48)49-46(54(40)44-32(5)22-29(2)23-33(44)6)38-19-17-35(51(10,11)12)27-42(38)57-49/h16-27H,1-15H3. The van der Waals surface area contributed by atoms with E-state index in [2.05, 4.69) is 182 Å². The summed E-state index contributed by atoms with van der Waals surface area (Å²) in [5, 5.41) is 2.33. The van der Waals surface area contributed by atoms with E-state index >= 15 is 0 Å². The predicted octanol–water partition coefficient (Wildman–Crippen LogP) is 10.1. The van der Waals surface area contributed by atoms with Crippen molar-refractivity contribution < 1.29 is 8.83 Å². The van der Waals surface area contributed by atoms with Gasteiger partial charge < -0.3 is 8.83 Å². The number of anilines is 3. The van der Waals surface area contributed by atoms with Crippen LogP contribution in [0.1, 0.15) is 112 Å². The highest BCUT2D eigenvalue weighted by molar-refractivity contribution is 7.04. The molecule has 0 fully saturated rings. The molecule has 3 nitrogen and oxygen atoms in total. The molecule has 5 aromatic carbocycles. The van der Waals surface area contributed by atoms with Crippen LogP contribution in [0, 0.1) is 41.5 Å². The van der Waals surface area contributed by atoms with Crippen molar-refractivity contribution in [3.8, 4) is 0 Å². The fraction of sp³-hybridized carbons (Fsp3) is 0.346. The van der Waals surface area contributed by atoms with Crippen molar-refractivity contribution in [3.63, 3.8) is 0 Å². The molecule has 0 radical (unpaired) electrons. The third-order valence-electron chi connectivity index (χ3n) is 13.1. The third-order valence-corrected chi connectivity index (χ3v) is 13.1. The Labute approximate surface area is 341 Å². The van der Waals surface area contributed by atoms with E-state index in [1.165, 1.54) is 88.5 Å². The number of nitrogens with zero attached hydrogens (tertiary/aromatic N) is 1. The fourth-order valence-electron chi connectivity index (χ4n) is 10.3. The van der Waals surface area contributed by atoms with Gasteiger partial charge in [0.25, 0.3) is 13.4 Å². The van der Waals surface area contributed by atoms with Gasteiger partial charge in [0.1, 0.15) is 11.2 Å². The molecular weight excluding hydrogens is 692 g/mol. The molecular formula is C52H57B2NO2. The van der Waals surface area contributed by atoms with E-state index in [9.17, 15) is 0 Å². The van der Waals surface area contributed by atoms with Crippen LogP contribution in [0.5, 0.6) is 0 Å². The van der Waals surface area contributed by atoms with Crippen molar-refractivity contribution in [2.75, 3.05) is 4.90 Å². The Balaban J connectivity index is 1.50. The predicted molar refractivity (Wildman–Crippen MR) is 247 cm³/mol. The summed E-state index contributed by atoms with van der Waals surface area (Å²) in [5.41, 5.74) is 22.4. The van der Waals surface area contributed by atoms with Gasteiger partial charge in [-0.2, -0.15) is 0 Å². The van der Waals surface area contributed by atoms with E-state index in [-0.39, 0.29) is 29.7 Å². The Morgan fingerprint density at radius 3 is 1.11 bits per heavy atom. The second kappa shape index (κ2) is 12.3. The summed E-state index contributed by atoms with van der Waals surface area (Å²) in [7, 11) is 0. The number of hydrogen-bond acceptors (Lipinski definition) is 3. The highest BCUT2D eigenvalue weighted by Crippen LogP contribution is 2.45. The minimum atomic E-state index is -0.0963. The lowest BCUT2D eigenvalue weighted by molar-refractivity contribution is 0.572. The van der Waals surface area contributed by atoms with Gasteiger partial charge in [-0.05, 0) is 97.5 Å². The summed E-state index contributed by atoms with van der Waals surface area (Å²) in [6.45, 7) is 34.3. The first-order valence-electron chi connectivity index (χ1n) is 20.9. The first-order valence-corrected chi connectivity index (χ1v) is 20.9. The van der Waals surface area contributed by atoms with Crippen LogP contribution in [-0.4, -0.2) is 13.4 Å². The molecule has 2 aromatic heterocycles. The maximum Gasteiger partial charge on any atom is 0.252 e. The van der Waals surface area contributed by atoms with Gasteiger partial charge in [-0.25, -0.2) is 0 Å². The van der Waals surface area contributed by atoms with Gasteiger partial charge >= 0.3 is 0 Å². The van der Waals surface area contributed by atoms with E-state index in [0.717, 1.165) is 33.7 Å². The molecule has 0 saturated carbocycles. The van der Waals surface area contributed by atoms with E-state index in [1.54, 1.807) is 0 Å². The zero-order valence-corrected chi connectivity index (χ0v) is 36.8. The smallest absolute Gasteiger partial charge is 0.252 e. The molecule has 0 aliphatic carbocycles. The van der Waals surface area contributed by atoms with Gasteiger partial charge in [-0.3, -0.25) is 4.90 Å². The molecule has 0 bridgehead atoms. The Bertz CT molecular complexity index is 2600. The molecule has 0 saturated heterocycles. The summed E-state index contributed by atoms with van der Waals surface area (Å²) >= 11 is 0. The first kappa shape index (κ1) is 37.7. The summed E-state index contributed by atoms with van der Waals surface area (Å²) in [4.78, 5) is 2.39. The second-order valence-electron chi connectivity index (χ2n) is 20.6. The third kappa shape index (κ3) is 5.70. The molecule has 57 heavy (non-hydrogen) atoms. The normalized spacial score (nSPS) is 14.1. The zero-order valence-electron chi connectivity index (χ0n) is 36.8. The number of aryl methyl sites for hydroxylation is 6. The number of hydrogen-bond donors (Lipinski definition) is 0. The first-order chi connectivity index (χ1) is 26.6. The number of fused-ring (bicyclic) bond motifs is 8. The van der Waals surface area contributed by atoms with E-state index < -0.39 is 0 Å². The zero-order chi connectivity index (χ0) is 40.8. The van der Waals surface area contributed by atoms with Gasteiger partial charge in [-0.15, -0.1) is 0 Å². The molecule has 9 rings (SSSR count). The molecule has 7 aromatic rings. The molecule has 2 aliphatic rings. The van der Waals surface area contributed by atoms with Crippen molar-refractivity contribution in [2.24, 2.45) is 0 Å². The van der Waals surface area contributed by atoms with Crippen molar-refractivity contribution in [2.45, 2.75) is 120 Å². The van der Waals surface area contributed by atoms with Crippen molar-refractivity contribution in [1.82, 2.24) is 0 Å². The summed E-state index contributed by atoms with van der Waals surface area (Å²) in [5.74, 6) is 1.73. The van der Waals surface area contributed by atoms with Crippen molar-refractivity contribution in [3.05, 3.63) is 123 Å². The average molecular weight is 750 g/mol. The molecule has 4 heterocycles. The molecule has 2 aliphatic heterocycles. The lowest BCUT2D eigenvalue weighted by atomic mass is 9.29. The fourth-order valence-corrected chi connectivity index (χ4v) is 10.3. The lowest BCUT2D eigenvalue weighted by Crippen LogP contribution is -2.66.